The van der Waals surface area contributed by atoms with Gasteiger partial charge in [0.15, 0.2) is 0 Å². The third-order valence-electron chi connectivity index (χ3n) is 5.24. The van der Waals surface area contributed by atoms with Crippen molar-refractivity contribution in [1.82, 2.24) is 14.9 Å². The Morgan fingerprint density at radius 2 is 2.15 bits per heavy atom. The highest BCUT2D eigenvalue weighted by atomic mass is 32.1. The summed E-state index contributed by atoms with van der Waals surface area (Å²) in [6, 6.07) is 0. The molecule has 0 aromatic carbocycles. The summed E-state index contributed by atoms with van der Waals surface area (Å²) in [5.41, 5.74) is 1.43. The van der Waals surface area contributed by atoms with Gasteiger partial charge in [-0.2, -0.15) is 0 Å². The number of hydrogen-bond acceptors (Lipinski definition) is 7. The second-order valence-corrected chi connectivity index (χ2v) is 8.72. The number of aromatic nitrogens is 2. The third-order valence-corrected chi connectivity index (χ3v) is 6.38. The lowest BCUT2D eigenvalue weighted by molar-refractivity contribution is 0.0331. The molecule has 6 nitrogen and oxygen atoms in total. The van der Waals surface area contributed by atoms with Gasteiger partial charge in [0.05, 0.1) is 31.2 Å². The first kappa shape index (κ1) is 18.1. The van der Waals surface area contributed by atoms with E-state index >= 15 is 0 Å². The summed E-state index contributed by atoms with van der Waals surface area (Å²) in [5, 5.41) is 14.3. The molecule has 0 saturated carbocycles. The molecule has 0 radical (unpaired) electrons. The molecule has 0 amide bonds. The van der Waals surface area contributed by atoms with E-state index in [9.17, 15) is 5.11 Å². The molecule has 0 unspecified atom stereocenters. The molecule has 0 spiro atoms. The minimum absolute atomic E-state index is 0.405. The number of aryl methyl sites for hydroxylation is 1. The summed E-state index contributed by atoms with van der Waals surface area (Å²) >= 11 is 1.83. The van der Waals surface area contributed by atoms with E-state index in [0.29, 0.717) is 6.54 Å². The molecule has 2 aliphatic rings. The minimum Gasteiger partial charge on any atom is -0.392 e. The van der Waals surface area contributed by atoms with E-state index in [2.05, 4.69) is 17.1 Å². The maximum absolute atomic E-state index is 9.71. The van der Waals surface area contributed by atoms with Gasteiger partial charge in [0, 0.05) is 24.5 Å². The Morgan fingerprint density at radius 3 is 2.92 bits per heavy atom. The van der Waals surface area contributed by atoms with Crippen LogP contribution in [0.15, 0.2) is 0 Å². The number of hydrogen-bond donors (Lipinski definition) is 2. The Balaban J connectivity index is 1.69. The predicted molar refractivity (Wildman–Crippen MR) is 105 cm³/mol. The molecule has 142 valence electrons. The zero-order valence-corrected chi connectivity index (χ0v) is 16.4. The summed E-state index contributed by atoms with van der Waals surface area (Å²) in [4.78, 5) is 14.7. The average Bonchev–Trinajstić information content (AvgIpc) is 2.97. The highest BCUT2D eigenvalue weighted by Gasteiger charge is 2.24. The first-order valence-electron chi connectivity index (χ1n) is 9.63. The average molecular weight is 377 g/mol. The van der Waals surface area contributed by atoms with E-state index in [1.54, 1.807) is 6.92 Å². The topological polar surface area (TPSA) is 70.5 Å². The van der Waals surface area contributed by atoms with Gasteiger partial charge < -0.3 is 15.2 Å². The highest BCUT2D eigenvalue weighted by Crippen LogP contribution is 2.40. The van der Waals surface area contributed by atoms with Gasteiger partial charge in [0.2, 0.25) is 0 Å². The zero-order chi connectivity index (χ0) is 18.1. The molecule has 1 saturated heterocycles. The van der Waals surface area contributed by atoms with Crippen molar-refractivity contribution in [1.29, 1.82) is 0 Å². The lowest BCUT2D eigenvalue weighted by Crippen LogP contribution is -2.36. The van der Waals surface area contributed by atoms with Gasteiger partial charge in [-0.05, 0) is 37.7 Å². The van der Waals surface area contributed by atoms with Crippen molar-refractivity contribution in [3.63, 3.8) is 0 Å². The van der Waals surface area contributed by atoms with E-state index < -0.39 is 6.10 Å². The molecule has 4 rings (SSSR count). The van der Waals surface area contributed by atoms with Crippen LogP contribution in [0.3, 0.4) is 0 Å². The Bertz CT molecular complexity index is 770. The Morgan fingerprint density at radius 1 is 1.35 bits per heavy atom. The van der Waals surface area contributed by atoms with E-state index in [4.69, 9.17) is 14.7 Å². The molecular weight excluding hydrogens is 348 g/mol. The Hall–Kier alpha value is -1.28. The van der Waals surface area contributed by atoms with Crippen molar-refractivity contribution in [3.8, 4) is 0 Å². The first-order valence-corrected chi connectivity index (χ1v) is 10.4. The van der Waals surface area contributed by atoms with E-state index in [1.165, 1.54) is 22.2 Å². The van der Waals surface area contributed by atoms with Crippen LogP contribution in [-0.2, 0) is 24.1 Å². The van der Waals surface area contributed by atoms with Crippen LogP contribution in [0.2, 0.25) is 0 Å². The fourth-order valence-corrected chi connectivity index (χ4v) is 5.19. The number of aliphatic hydroxyl groups is 1. The van der Waals surface area contributed by atoms with Crippen molar-refractivity contribution in [2.45, 2.75) is 45.8 Å². The summed E-state index contributed by atoms with van der Waals surface area (Å²) in [6.07, 6.45) is 3.07. The van der Waals surface area contributed by atoms with Gasteiger partial charge >= 0.3 is 0 Å². The maximum Gasteiger partial charge on any atom is 0.146 e. The molecule has 2 atom stereocenters. The first-order chi connectivity index (χ1) is 12.6. The van der Waals surface area contributed by atoms with Crippen molar-refractivity contribution in [3.05, 3.63) is 16.3 Å². The summed E-state index contributed by atoms with van der Waals surface area (Å²) in [6.45, 7) is 8.79. The molecular formula is C19H28N4O2S. The largest absolute Gasteiger partial charge is 0.392 e. The number of morpholine rings is 1. The third kappa shape index (κ3) is 3.86. The Kier molecular flexibility index (Phi) is 5.40. The summed E-state index contributed by atoms with van der Waals surface area (Å²) in [7, 11) is 0. The number of thiophene rings is 1. The molecule has 2 aromatic heterocycles. The second-order valence-electron chi connectivity index (χ2n) is 7.64. The fraction of sp³-hybridized carbons (Fsp3) is 0.684. The van der Waals surface area contributed by atoms with Crippen LogP contribution in [0.25, 0.3) is 10.2 Å². The molecule has 3 heterocycles. The SMILES string of the molecule is C[C@H]1CCc2c(sc3nc(CN4CCOCC4)nc(NC[C@@H](C)O)c23)C1. The van der Waals surface area contributed by atoms with Gasteiger partial charge in [-0.25, -0.2) is 9.97 Å². The van der Waals surface area contributed by atoms with Crippen LogP contribution in [0, 0.1) is 5.92 Å². The Labute approximate surface area is 158 Å². The van der Waals surface area contributed by atoms with Crippen LogP contribution in [0.1, 0.15) is 36.5 Å². The number of fused-ring (bicyclic) bond motifs is 3. The quantitative estimate of drug-likeness (QED) is 0.835. The van der Waals surface area contributed by atoms with Gasteiger partial charge in [0.25, 0.3) is 0 Å². The summed E-state index contributed by atoms with van der Waals surface area (Å²) < 4.78 is 5.44. The minimum atomic E-state index is -0.405. The van der Waals surface area contributed by atoms with Crippen molar-refractivity contribution < 1.29 is 9.84 Å². The molecule has 2 N–H and O–H groups in total. The van der Waals surface area contributed by atoms with E-state index in [1.807, 2.05) is 11.3 Å². The van der Waals surface area contributed by atoms with E-state index in [0.717, 1.165) is 68.1 Å². The molecule has 26 heavy (non-hydrogen) atoms. The van der Waals surface area contributed by atoms with Crippen LogP contribution in [-0.4, -0.2) is 58.9 Å². The standard InChI is InChI=1S/C19H28N4O2S/c1-12-3-4-14-15(9-12)26-19-17(14)18(20-10-13(2)24)21-16(22-19)11-23-5-7-25-8-6-23/h12-13,24H,3-11H2,1-2H3,(H,20,21,22)/t12-,13+/m0/s1. The lowest BCUT2D eigenvalue weighted by atomic mass is 9.89. The maximum atomic E-state index is 9.71. The zero-order valence-electron chi connectivity index (χ0n) is 15.6. The van der Waals surface area contributed by atoms with E-state index in [-0.39, 0.29) is 0 Å². The number of aliphatic hydroxyl groups excluding tert-OH is 1. The molecule has 1 aliphatic heterocycles. The molecule has 1 aliphatic carbocycles. The second kappa shape index (κ2) is 7.76. The number of anilines is 1. The molecule has 7 heteroatoms. The number of nitrogens with one attached hydrogen (secondary N) is 1. The number of ether oxygens (including phenoxy) is 1. The van der Waals surface area contributed by atoms with Gasteiger partial charge in [-0.15, -0.1) is 11.3 Å². The molecule has 0 bridgehead atoms. The van der Waals surface area contributed by atoms with Crippen molar-refractivity contribution >= 4 is 27.4 Å². The lowest BCUT2D eigenvalue weighted by Gasteiger charge is -2.26. The monoisotopic (exact) mass is 376 g/mol. The van der Waals surface area contributed by atoms with Crippen LogP contribution < -0.4 is 5.32 Å². The van der Waals surface area contributed by atoms with Gasteiger partial charge in [-0.1, -0.05) is 6.92 Å². The normalized spacial score (nSPS) is 22.3. The molecule has 2 aromatic rings. The number of nitrogens with zero attached hydrogens (tertiary/aromatic N) is 3. The van der Waals surface area contributed by atoms with Gasteiger partial charge in [-0.3, -0.25) is 4.90 Å². The van der Waals surface area contributed by atoms with Crippen LogP contribution in [0.4, 0.5) is 5.82 Å². The van der Waals surface area contributed by atoms with Crippen LogP contribution >= 0.6 is 11.3 Å². The highest BCUT2D eigenvalue weighted by molar-refractivity contribution is 7.19. The van der Waals surface area contributed by atoms with Crippen molar-refractivity contribution in [2.24, 2.45) is 5.92 Å². The predicted octanol–water partition coefficient (Wildman–Crippen LogP) is 2.44. The van der Waals surface area contributed by atoms with Crippen LogP contribution in [0.5, 0.6) is 0 Å². The summed E-state index contributed by atoms with van der Waals surface area (Å²) in [5.74, 6) is 2.50. The smallest absolute Gasteiger partial charge is 0.146 e. The van der Waals surface area contributed by atoms with Gasteiger partial charge in [0.1, 0.15) is 16.5 Å². The molecule has 1 fully saturated rings. The van der Waals surface area contributed by atoms with Crippen molar-refractivity contribution in [2.75, 3.05) is 38.2 Å². The fourth-order valence-electron chi connectivity index (χ4n) is 3.79. The number of rotatable bonds is 5.